The average molecular weight is 375 g/mol. The minimum Gasteiger partial charge on any atom is -0.337 e. The second kappa shape index (κ2) is 6.26. The number of aromatic nitrogens is 1. The van der Waals surface area contributed by atoms with E-state index in [2.05, 4.69) is 4.98 Å². The molecule has 0 atom stereocenters. The summed E-state index contributed by atoms with van der Waals surface area (Å²) in [6.07, 6.45) is -3.71. The summed E-state index contributed by atoms with van der Waals surface area (Å²) in [5, 5.41) is 0.502. The molecule has 24 heavy (non-hydrogen) atoms. The number of carbonyl (C=O) groups is 1. The molecule has 0 N–H and O–H groups in total. The Morgan fingerprint density at radius 2 is 1.79 bits per heavy atom. The highest BCUT2D eigenvalue weighted by atomic mass is 35.5. The molecule has 1 aliphatic rings. The first-order valence-corrected chi connectivity index (χ1v) is 7.79. The predicted molar refractivity (Wildman–Crippen MR) is 84.3 cm³/mol. The van der Waals surface area contributed by atoms with Gasteiger partial charge in [-0.05, 0) is 30.3 Å². The van der Waals surface area contributed by atoms with E-state index in [-0.39, 0.29) is 16.8 Å². The number of amides is 1. The van der Waals surface area contributed by atoms with Gasteiger partial charge in [-0.3, -0.25) is 9.78 Å². The van der Waals surface area contributed by atoms with Gasteiger partial charge in [0.15, 0.2) is 0 Å². The number of pyridine rings is 1. The topological polar surface area (TPSA) is 33.2 Å². The third kappa shape index (κ3) is 3.35. The van der Waals surface area contributed by atoms with E-state index >= 15 is 0 Å². The summed E-state index contributed by atoms with van der Waals surface area (Å²) in [5.41, 5.74) is -0.00109. The zero-order valence-corrected chi connectivity index (χ0v) is 13.7. The smallest absolute Gasteiger partial charge is 0.337 e. The summed E-state index contributed by atoms with van der Waals surface area (Å²) < 4.78 is 37.9. The molecule has 0 unspecified atom stereocenters. The fourth-order valence-electron chi connectivity index (χ4n) is 2.50. The van der Waals surface area contributed by atoms with Crippen molar-refractivity contribution in [3.05, 3.63) is 63.4 Å². The summed E-state index contributed by atoms with van der Waals surface area (Å²) in [5.74, 6) is -0.331. The third-order valence-electron chi connectivity index (χ3n) is 3.84. The second-order valence-electron chi connectivity index (χ2n) is 5.50. The normalized spacial score (nSPS) is 15.3. The van der Waals surface area contributed by atoms with Crippen LogP contribution in [0.5, 0.6) is 0 Å². The maximum atomic E-state index is 12.6. The van der Waals surface area contributed by atoms with E-state index in [4.69, 9.17) is 23.2 Å². The first-order valence-electron chi connectivity index (χ1n) is 7.03. The lowest BCUT2D eigenvalue weighted by molar-refractivity contribution is -0.137. The van der Waals surface area contributed by atoms with Crippen molar-refractivity contribution < 1.29 is 18.0 Å². The van der Waals surface area contributed by atoms with Gasteiger partial charge in [0.05, 0.1) is 16.3 Å². The summed E-state index contributed by atoms with van der Waals surface area (Å²) in [6, 6.07) is 7.37. The summed E-state index contributed by atoms with van der Waals surface area (Å²) in [7, 11) is 0. The van der Waals surface area contributed by atoms with Crippen LogP contribution in [0.2, 0.25) is 10.0 Å². The van der Waals surface area contributed by atoms with E-state index in [1.165, 1.54) is 0 Å². The molecule has 2 aromatic rings. The molecular formula is C16H11Cl2F3N2O. The Labute approximate surface area is 146 Å². The molecule has 0 radical (unpaired) electrons. The van der Waals surface area contributed by atoms with Crippen LogP contribution < -0.4 is 0 Å². The van der Waals surface area contributed by atoms with Crippen molar-refractivity contribution in [2.75, 3.05) is 13.1 Å². The van der Waals surface area contributed by atoms with E-state index in [0.717, 1.165) is 12.3 Å². The van der Waals surface area contributed by atoms with Gasteiger partial charge in [-0.15, -0.1) is 0 Å². The molecule has 3 nitrogen and oxygen atoms in total. The van der Waals surface area contributed by atoms with E-state index < -0.39 is 11.7 Å². The molecule has 1 aromatic carbocycles. The van der Waals surface area contributed by atoms with Gasteiger partial charge in [-0.1, -0.05) is 23.2 Å². The zero-order chi connectivity index (χ0) is 17.5. The monoisotopic (exact) mass is 374 g/mol. The average Bonchev–Trinajstić information content (AvgIpc) is 2.46. The minimum absolute atomic E-state index is 0.0339. The standard InChI is InChI=1S/C16H11Cl2F3N2O/c17-12-3-1-9(2-4-12)15(24)23-7-10(8-23)14-13(18)5-11(6-22-14)16(19,20)21/h1-6,10H,7-8H2. The fraction of sp³-hybridized carbons (Fsp3) is 0.250. The lowest BCUT2D eigenvalue weighted by atomic mass is 9.94. The van der Waals surface area contributed by atoms with Crippen molar-refractivity contribution in [1.29, 1.82) is 0 Å². The van der Waals surface area contributed by atoms with Crippen molar-refractivity contribution in [3.8, 4) is 0 Å². The Kier molecular flexibility index (Phi) is 4.44. The number of hydrogen-bond donors (Lipinski definition) is 0. The van der Waals surface area contributed by atoms with Gasteiger partial charge >= 0.3 is 6.18 Å². The van der Waals surface area contributed by atoms with Crippen LogP contribution in [0, 0.1) is 0 Å². The molecule has 2 heterocycles. The molecule has 1 fully saturated rings. The summed E-state index contributed by atoms with van der Waals surface area (Å²) in [6.45, 7) is 0.721. The molecule has 1 aliphatic heterocycles. The highest BCUT2D eigenvalue weighted by molar-refractivity contribution is 6.31. The lowest BCUT2D eigenvalue weighted by Gasteiger charge is -2.39. The van der Waals surface area contributed by atoms with Crippen LogP contribution in [0.25, 0.3) is 0 Å². The van der Waals surface area contributed by atoms with Gasteiger partial charge < -0.3 is 4.90 Å². The lowest BCUT2D eigenvalue weighted by Crippen LogP contribution is -2.48. The molecular weight excluding hydrogens is 364 g/mol. The summed E-state index contributed by atoms with van der Waals surface area (Å²) >= 11 is 11.7. The third-order valence-corrected chi connectivity index (χ3v) is 4.40. The van der Waals surface area contributed by atoms with Crippen molar-refractivity contribution in [1.82, 2.24) is 9.88 Å². The molecule has 0 spiro atoms. The predicted octanol–water partition coefficient (Wildman–Crippen LogP) is 4.65. The summed E-state index contributed by atoms with van der Waals surface area (Å²) in [4.78, 5) is 17.7. The van der Waals surface area contributed by atoms with Crippen LogP contribution in [0.3, 0.4) is 0 Å². The molecule has 1 amide bonds. The Morgan fingerprint density at radius 3 is 2.33 bits per heavy atom. The first-order chi connectivity index (χ1) is 11.3. The van der Waals surface area contributed by atoms with Gasteiger partial charge in [0.1, 0.15) is 0 Å². The van der Waals surface area contributed by atoms with Crippen LogP contribution in [-0.2, 0) is 6.18 Å². The van der Waals surface area contributed by atoms with E-state index in [1.54, 1.807) is 29.2 Å². The Bertz CT molecular complexity index is 772. The number of alkyl halides is 3. The molecule has 1 saturated heterocycles. The van der Waals surface area contributed by atoms with Gasteiger partial charge in [-0.2, -0.15) is 13.2 Å². The second-order valence-corrected chi connectivity index (χ2v) is 6.35. The highest BCUT2D eigenvalue weighted by Crippen LogP contribution is 2.35. The Balaban J connectivity index is 1.68. The SMILES string of the molecule is O=C(c1ccc(Cl)cc1)N1CC(c2ncc(C(F)(F)F)cc2Cl)C1. The van der Waals surface area contributed by atoms with Gasteiger partial charge in [0, 0.05) is 35.8 Å². The first kappa shape index (κ1) is 17.0. The Hall–Kier alpha value is -1.79. The number of hydrogen-bond acceptors (Lipinski definition) is 2. The molecule has 0 saturated carbocycles. The van der Waals surface area contributed by atoms with Gasteiger partial charge in [0.2, 0.25) is 0 Å². The van der Waals surface area contributed by atoms with Crippen LogP contribution >= 0.6 is 23.2 Å². The van der Waals surface area contributed by atoms with E-state index in [0.29, 0.717) is 29.4 Å². The minimum atomic E-state index is -4.48. The van der Waals surface area contributed by atoms with Crippen LogP contribution in [0.15, 0.2) is 36.5 Å². The maximum Gasteiger partial charge on any atom is 0.417 e. The van der Waals surface area contributed by atoms with Gasteiger partial charge in [-0.25, -0.2) is 0 Å². The van der Waals surface area contributed by atoms with Gasteiger partial charge in [0.25, 0.3) is 5.91 Å². The molecule has 0 bridgehead atoms. The number of likely N-dealkylation sites (tertiary alicyclic amines) is 1. The van der Waals surface area contributed by atoms with Crippen molar-refractivity contribution in [3.63, 3.8) is 0 Å². The number of halogens is 5. The number of benzene rings is 1. The highest BCUT2D eigenvalue weighted by Gasteiger charge is 2.36. The molecule has 3 rings (SSSR count). The van der Waals surface area contributed by atoms with Crippen molar-refractivity contribution in [2.24, 2.45) is 0 Å². The largest absolute Gasteiger partial charge is 0.417 e. The van der Waals surface area contributed by atoms with E-state index in [9.17, 15) is 18.0 Å². The van der Waals surface area contributed by atoms with Crippen LogP contribution in [-0.4, -0.2) is 28.9 Å². The number of nitrogens with zero attached hydrogens (tertiary/aromatic N) is 2. The van der Waals surface area contributed by atoms with Crippen molar-refractivity contribution >= 4 is 29.1 Å². The van der Waals surface area contributed by atoms with Crippen molar-refractivity contribution in [2.45, 2.75) is 12.1 Å². The van der Waals surface area contributed by atoms with Crippen LogP contribution in [0.4, 0.5) is 13.2 Å². The maximum absolute atomic E-state index is 12.6. The molecule has 126 valence electrons. The van der Waals surface area contributed by atoms with E-state index in [1.807, 2.05) is 0 Å². The quantitative estimate of drug-likeness (QED) is 0.766. The van der Waals surface area contributed by atoms with Crippen LogP contribution in [0.1, 0.15) is 27.5 Å². The molecule has 1 aromatic heterocycles. The number of carbonyl (C=O) groups excluding carboxylic acids is 1. The molecule has 0 aliphatic carbocycles. The molecule has 8 heteroatoms. The fourth-order valence-corrected chi connectivity index (χ4v) is 2.94. The zero-order valence-electron chi connectivity index (χ0n) is 12.1. The Morgan fingerprint density at radius 1 is 1.17 bits per heavy atom. The number of rotatable bonds is 2.